The molecular formula is C18H13Cl2N3O2S. The monoisotopic (exact) mass is 405 g/mol. The number of nitro groups is 1. The maximum absolute atomic E-state index is 10.8. The molecule has 0 amide bonds. The van der Waals surface area contributed by atoms with Gasteiger partial charge < -0.3 is 4.57 Å². The van der Waals surface area contributed by atoms with E-state index in [9.17, 15) is 10.1 Å². The molecule has 0 saturated carbocycles. The highest BCUT2D eigenvalue weighted by Crippen LogP contribution is 2.27. The van der Waals surface area contributed by atoms with Gasteiger partial charge in [0, 0.05) is 24.1 Å². The Kier molecular flexibility index (Phi) is 5.56. The van der Waals surface area contributed by atoms with Gasteiger partial charge in [0.2, 0.25) is 0 Å². The van der Waals surface area contributed by atoms with Gasteiger partial charge in [-0.3, -0.25) is 10.1 Å². The van der Waals surface area contributed by atoms with E-state index in [1.807, 2.05) is 9.95 Å². The molecule has 1 heterocycles. The van der Waals surface area contributed by atoms with Gasteiger partial charge in [0.1, 0.15) is 0 Å². The smallest absolute Gasteiger partial charge is 0.269 e. The number of aromatic nitrogens is 1. The number of non-ortho nitro benzene ring substituents is 1. The molecule has 0 aliphatic rings. The first-order valence-corrected chi connectivity index (χ1v) is 9.17. The lowest BCUT2D eigenvalue weighted by atomic mass is 10.1. The number of benzene rings is 2. The second-order valence-electron chi connectivity index (χ2n) is 5.32. The SMILES string of the molecule is C=CCn1c(-c2ccc([N+](=O)[O-])cc2)csc1=Nc1ccc(Cl)c(Cl)c1. The Labute approximate surface area is 163 Å². The van der Waals surface area contributed by atoms with Gasteiger partial charge in [0.05, 0.1) is 26.3 Å². The number of nitro benzene ring substituents is 1. The van der Waals surface area contributed by atoms with E-state index in [0.717, 1.165) is 16.1 Å². The van der Waals surface area contributed by atoms with Crippen LogP contribution in [0.1, 0.15) is 0 Å². The fourth-order valence-corrected chi connectivity index (χ4v) is 3.60. The summed E-state index contributed by atoms with van der Waals surface area (Å²) in [6.07, 6.45) is 1.77. The second-order valence-corrected chi connectivity index (χ2v) is 6.97. The molecule has 8 heteroatoms. The zero-order valence-corrected chi connectivity index (χ0v) is 15.8. The molecule has 0 bridgehead atoms. The highest BCUT2D eigenvalue weighted by Gasteiger charge is 2.10. The van der Waals surface area contributed by atoms with Gasteiger partial charge >= 0.3 is 0 Å². The molecule has 0 atom stereocenters. The number of hydrogen-bond acceptors (Lipinski definition) is 4. The van der Waals surface area contributed by atoms with Crippen molar-refractivity contribution in [1.82, 2.24) is 4.57 Å². The first-order chi connectivity index (χ1) is 12.5. The van der Waals surface area contributed by atoms with Crippen molar-refractivity contribution in [3.05, 3.63) is 85.5 Å². The molecule has 26 heavy (non-hydrogen) atoms. The van der Waals surface area contributed by atoms with Crippen LogP contribution in [0, 0.1) is 10.1 Å². The maximum Gasteiger partial charge on any atom is 0.269 e. The number of thiazole rings is 1. The third-order valence-corrected chi connectivity index (χ3v) is 5.21. The first-order valence-electron chi connectivity index (χ1n) is 7.53. The van der Waals surface area contributed by atoms with Crippen LogP contribution >= 0.6 is 34.5 Å². The van der Waals surface area contributed by atoms with Gasteiger partial charge in [-0.1, -0.05) is 29.3 Å². The lowest BCUT2D eigenvalue weighted by Crippen LogP contribution is -2.14. The summed E-state index contributed by atoms with van der Waals surface area (Å²) in [5.41, 5.74) is 2.52. The Balaban J connectivity index is 2.08. The molecule has 0 fully saturated rings. The molecule has 3 rings (SSSR count). The van der Waals surface area contributed by atoms with E-state index in [1.165, 1.54) is 23.5 Å². The number of nitrogens with zero attached hydrogens (tertiary/aromatic N) is 3. The summed E-state index contributed by atoms with van der Waals surface area (Å²) >= 11 is 13.5. The van der Waals surface area contributed by atoms with Crippen molar-refractivity contribution in [2.75, 3.05) is 0 Å². The Bertz CT molecular complexity index is 1040. The lowest BCUT2D eigenvalue weighted by Gasteiger charge is -2.06. The molecule has 2 aromatic carbocycles. The number of allylic oxidation sites excluding steroid dienone is 1. The van der Waals surface area contributed by atoms with Crippen LogP contribution in [0.3, 0.4) is 0 Å². The molecule has 0 spiro atoms. The highest BCUT2D eigenvalue weighted by molar-refractivity contribution is 7.07. The third-order valence-electron chi connectivity index (χ3n) is 3.61. The fourth-order valence-electron chi connectivity index (χ4n) is 2.37. The van der Waals surface area contributed by atoms with Gasteiger partial charge in [-0.15, -0.1) is 17.9 Å². The van der Waals surface area contributed by atoms with E-state index in [0.29, 0.717) is 22.3 Å². The van der Waals surface area contributed by atoms with Gasteiger partial charge in [-0.25, -0.2) is 4.99 Å². The Morgan fingerprint density at radius 3 is 2.54 bits per heavy atom. The van der Waals surface area contributed by atoms with Crippen LogP contribution in [-0.4, -0.2) is 9.49 Å². The zero-order chi connectivity index (χ0) is 18.7. The minimum Gasteiger partial charge on any atom is -0.313 e. The van der Waals surface area contributed by atoms with Crippen LogP contribution < -0.4 is 4.80 Å². The van der Waals surface area contributed by atoms with Crippen LogP contribution in [-0.2, 0) is 6.54 Å². The number of halogens is 2. The summed E-state index contributed by atoms with van der Waals surface area (Å²) in [7, 11) is 0. The Hall–Kier alpha value is -2.41. The average molecular weight is 406 g/mol. The minimum atomic E-state index is -0.416. The van der Waals surface area contributed by atoms with E-state index in [1.54, 1.807) is 36.4 Å². The van der Waals surface area contributed by atoms with Crippen LogP contribution in [0.5, 0.6) is 0 Å². The van der Waals surface area contributed by atoms with E-state index in [2.05, 4.69) is 11.6 Å². The van der Waals surface area contributed by atoms with E-state index in [-0.39, 0.29) is 5.69 Å². The van der Waals surface area contributed by atoms with Crippen LogP contribution in [0.4, 0.5) is 11.4 Å². The third kappa shape index (κ3) is 3.88. The summed E-state index contributed by atoms with van der Waals surface area (Å²) in [6, 6.07) is 11.6. The summed E-state index contributed by atoms with van der Waals surface area (Å²) in [5.74, 6) is 0. The largest absolute Gasteiger partial charge is 0.313 e. The predicted octanol–water partition coefficient (Wildman–Crippen LogP) is 5.85. The molecule has 0 radical (unpaired) electrons. The molecule has 1 aromatic heterocycles. The van der Waals surface area contributed by atoms with E-state index in [4.69, 9.17) is 23.2 Å². The van der Waals surface area contributed by atoms with Crippen molar-refractivity contribution < 1.29 is 4.92 Å². The van der Waals surface area contributed by atoms with Crippen LogP contribution in [0.15, 0.2) is 65.5 Å². The predicted molar refractivity (Wildman–Crippen MR) is 106 cm³/mol. The summed E-state index contributed by atoms with van der Waals surface area (Å²) in [5, 5.41) is 13.7. The van der Waals surface area contributed by atoms with Gasteiger partial charge in [0.15, 0.2) is 4.80 Å². The van der Waals surface area contributed by atoms with E-state index >= 15 is 0 Å². The molecular weight excluding hydrogens is 393 g/mol. The first kappa shape index (κ1) is 18.4. The maximum atomic E-state index is 10.8. The van der Waals surface area contributed by atoms with Crippen molar-refractivity contribution in [2.24, 2.45) is 4.99 Å². The van der Waals surface area contributed by atoms with E-state index < -0.39 is 4.92 Å². The average Bonchev–Trinajstić information content (AvgIpc) is 3.01. The number of rotatable bonds is 5. The molecule has 0 unspecified atom stereocenters. The molecule has 5 nitrogen and oxygen atoms in total. The molecule has 3 aromatic rings. The summed E-state index contributed by atoms with van der Waals surface area (Å²) in [4.78, 5) is 15.8. The molecule has 0 saturated heterocycles. The van der Waals surface area contributed by atoms with Crippen molar-refractivity contribution in [3.8, 4) is 11.3 Å². The topological polar surface area (TPSA) is 60.4 Å². The van der Waals surface area contributed by atoms with Crippen molar-refractivity contribution in [1.29, 1.82) is 0 Å². The second kappa shape index (κ2) is 7.86. The van der Waals surface area contributed by atoms with Crippen LogP contribution in [0.25, 0.3) is 11.3 Å². The van der Waals surface area contributed by atoms with Crippen molar-refractivity contribution >= 4 is 45.9 Å². The molecule has 0 aliphatic carbocycles. The summed E-state index contributed by atoms with van der Waals surface area (Å²) < 4.78 is 1.99. The molecule has 132 valence electrons. The highest BCUT2D eigenvalue weighted by atomic mass is 35.5. The van der Waals surface area contributed by atoms with Crippen molar-refractivity contribution in [3.63, 3.8) is 0 Å². The van der Waals surface area contributed by atoms with Crippen LogP contribution in [0.2, 0.25) is 10.0 Å². The lowest BCUT2D eigenvalue weighted by molar-refractivity contribution is -0.384. The van der Waals surface area contributed by atoms with Gasteiger partial charge in [-0.2, -0.15) is 0 Å². The normalized spacial score (nSPS) is 11.5. The van der Waals surface area contributed by atoms with Crippen molar-refractivity contribution in [2.45, 2.75) is 6.54 Å². The Morgan fingerprint density at radius 1 is 1.19 bits per heavy atom. The zero-order valence-electron chi connectivity index (χ0n) is 13.4. The Morgan fingerprint density at radius 2 is 1.92 bits per heavy atom. The van der Waals surface area contributed by atoms with Gasteiger partial charge in [0.25, 0.3) is 5.69 Å². The standard InChI is InChI=1S/C18H13Cl2N3O2S/c1-2-9-22-17(12-3-6-14(7-4-12)23(24)25)11-26-18(22)21-13-5-8-15(19)16(20)10-13/h2-8,10-11H,1,9H2. The quantitative estimate of drug-likeness (QED) is 0.303. The minimum absolute atomic E-state index is 0.0555. The molecule has 0 aliphatic heterocycles. The fraction of sp³-hybridized carbons (Fsp3) is 0.0556. The number of hydrogen-bond donors (Lipinski definition) is 0. The summed E-state index contributed by atoms with van der Waals surface area (Å²) in [6.45, 7) is 4.35. The molecule has 0 N–H and O–H groups in total. The van der Waals surface area contributed by atoms with Gasteiger partial charge in [-0.05, 0) is 35.9 Å².